The number of fused-ring (bicyclic) bond motifs is 1. The van der Waals surface area contributed by atoms with Gasteiger partial charge in [-0.15, -0.1) is 0 Å². The van der Waals surface area contributed by atoms with Gasteiger partial charge in [-0.3, -0.25) is 0 Å². The fourth-order valence-electron chi connectivity index (χ4n) is 1.73. The summed E-state index contributed by atoms with van der Waals surface area (Å²) in [4.78, 5) is 15.5. The minimum absolute atomic E-state index is 0.115. The van der Waals surface area contributed by atoms with Crippen LogP contribution in [-0.4, -0.2) is 26.5 Å². The van der Waals surface area contributed by atoms with Crippen LogP contribution in [-0.2, 0) is 4.74 Å². The van der Waals surface area contributed by atoms with E-state index in [-0.39, 0.29) is 6.10 Å². The van der Waals surface area contributed by atoms with Gasteiger partial charge in [-0.2, -0.15) is 0 Å². The maximum atomic E-state index is 5.53. The number of hydrogen-bond acceptors (Lipinski definition) is 4. The Kier molecular flexibility index (Phi) is 1.70. The Morgan fingerprint density at radius 1 is 1.50 bits per heavy atom. The molecular weight excluding hydrogens is 180 g/mol. The van der Waals surface area contributed by atoms with E-state index in [1.54, 1.807) is 6.20 Å². The quantitative estimate of drug-likeness (QED) is 0.734. The molecule has 1 saturated heterocycles. The highest BCUT2D eigenvalue weighted by Crippen LogP contribution is 2.27. The van der Waals surface area contributed by atoms with Crippen molar-refractivity contribution in [3.05, 3.63) is 18.3 Å². The van der Waals surface area contributed by atoms with Crippen molar-refractivity contribution in [1.29, 1.82) is 0 Å². The standard InChI is InChI=1S/C9H10N4O/c1-2-7(14-3-1)9-12-6-4-10-5-11-8(6)13-9/h4-5,7H,1-3H2,(H,10,11,12,13). The molecule has 0 aliphatic carbocycles. The zero-order valence-electron chi connectivity index (χ0n) is 7.60. The van der Waals surface area contributed by atoms with E-state index in [1.165, 1.54) is 6.33 Å². The van der Waals surface area contributed by atoms with Crippen LogP contribution in [0, 0.1) is 0 Å². The number of nitrogens with one attached hydrogen (secondary N) is 1. The van der Waals surface area contributed by atoms with Crippen molar-refractivity contribution < 1.29 is 4.74 Å². The topological polar surface area (TPSA) is 63.7 Å². The minimum atomic E-state index is 0.115. The van der Waals surface area contributed by atoms with Crippen molar-refractivity contribution >= 4 is 11.2 Å². The van der Waals surface area contributed by atoms with Crippen molar-refractivity contribution in [2.75, 3.05) is 6.61 Å². The number of rotatable bonds is 1. The Balaban J connectivity index is 2.05. The molecule has 1 N–H and O–H groups in total. The van der Waals surface area contributed by atoms with Crippen LogP contribution in [0.1, 0.15) is 24.8 Å². The maximum Gasteiger partial charge on any atom is 0.160 e. The molecule has 1 unspecified atom stereocenters. The predicted octanol–water partition coefficient (Wildman–Crippen LogP) is 1.20. The number of aromatic amines is 1. The largest absolute Gasteiger partial charge is 0.370 e. The molecule has 72 valence electrons. The van der Waals surface area contributed by atoms with E-state index in [0.717, 1.165) is 36.4 Å². The Bertz CT molecular complexity index is 414. The average molecular weight is 190 g/mol. The van der Waals surface area contributed by atoms with E-state index in [0.29, 0.717) is 0 Å². The molecular formula is C9H10N4O. The van der Waals surface area contributed by atoms with Gasteiger partial charge in [0.25, 0.3) is 0 Å². The van der Waals surface area contributed by atoms with E-state index >= 15 is 0 Å². The average Bonchev–Trinajstić information content (AvgIpc) is 2.86. The van der Waals surface area contributed by atoms with Crippen LogP contribution < -0.4 is 0 Å². The number of imidazole rings is 1. The molecule has 1 atom stereocenters. The first-order valence-corrected chi connectivity index (χ1v) is 4.71. The predicted molar refractivity (Wildman–Crippen MR) is 49.6 cm³/mol. The molecule has 14 heavy (non-hydrogen) atoms. The van der Waals surface area contributed by atoms with Gasteiger partial charge >= 0.3 is 0 Å². The lowest BCUT2D eigenvalue weighted by Gasteiger charge is -2.03. The van der Waals surface area contributed by atoms with Crippen LogP contribution in [0.4, 0.5) is 0 Å². The van der Waals surface area contributed by atoms with Crippen LogP contribution in [0.2, 0.25) is 0 Å². The third-order valence-electron chi connectivity index (χ3n) is 2.41. The van der Waals surface area contributed by atoms with Gasteiger partial charge < -0.3 is 9.72 Å². The molecule has 0 spiro atoms. The first kappa shape index (κ1) is 7.87. The minimum Gasteiger partial charge on any atom is -0.370 e. The molecule has 1 fully saturated rings. The molecule has 0 saturated carbocycles. The van der Waals surface area contributed by atoms with Crippen LogP contribution in [0.15, 0.2) is 12.5 Å². The van der Waals surface area contributed by atoms with Gasteiger partial charge in [0.2, 0.25) is 0 Å². The van der Waals surface area contributed by atoms with Gasteiger partial charge in [-0.1, -0.05) is 0 Å². The molecule has 0 radical (unpaired) electrons. The molecule has 0 amide bonds. The van der Waals surface area contributed by atoms with E-state index in [9.17, 15) is 0 Å². The van der Waals surface area contributed by atoms with Crippen molar-refractivity contribution in [2.45, 2.75) is 18.9 Å². The van der Waals surface area contributed by atoms with Gasteiger partial charge in [0.1, 0.15) is 23.8 Å². The Morgan fingerprint density at radius 3 is 3.29 bits per heavy atom. The lowest BCUT2D eigenvalue weighted by molar-refractivity contribution is 0.106. The number of nitrogens with zero attached hydrogens (tertiary/aromatic N) is 3. The highest BCUT2D eigenvalue weighted by molar-refractivity contribution is 5.68. The summed E-state index contributed by atoms with van der Waals surface area (Å²) in [5.41, 5.74) is 1.59. The number of hydrogen-bond donors (Lipinski definition) is 1. The molecule has 0 aromatic carbocycles. The number of aromatic nitrogens is 4. The fourth-order valence-corrected chi connectivity index (χ4v) is 1.73. The number of ether oxygens (including phenoxy) is 1. The van der Waals surface area contributed by atoms with Gasteiger partial charge in [0.15, 0.2) is 5.65 Å². The Labute approximate surface area is 80.5 Å². The summed E-state index contributed by atoms with van der Waals surface area (Å²) in [6, 6.07) is 0. The first-order valence-electron chi connectivity index (χ1n) is 4.71. The zero-order chi connectivity index (χ0) is 9.38. The second kappa shape index (κ2) is 3.02. The SMILES string of the molecule is c1ncc2nc(C3CCCO3)[nH]c2n1. The van der Waals surface area contributed by atoms with E-state index in [4.69, 9.17) is 4.74 Å². The third kappa shape index (κ3) is 1.17. The Hall–Kier alpha value is -1.49. The molecule has 2 aromatic heterocycles. The third-order valence-corrected chi connectivity index (χ3v) is 2.41. The van der Waals surface area contributed by atoms with Crippen molar-refractivity contribution in [1.82, 2.24) is 19.9 Å². The van der Waals surface area contributed by atoms with E-state index in [2.05, 4.69) is 19.9 Å². The normalized spacial score (nSPS) is 21.9. The van der Waals surface area contributed by atoms with Crippen LogP contribution >= 0.6 is 0 Å². The summed E-state index contributed by atoms with van der Waals surface area (Å²) in [6.45, 7) is 0.827. The van der Waals surface area contributed by atoms with Gasteiger partial charge in [0, 0.05) is 6.61 Å². The maximum absolute atomic E-state index is 5.53. The molecule has 1 aliphatic heterocycles. The summed E-state index contributed by atoms with van der Waals surface area (Å²) in [7, 11) is 0. The molecule has 5 heteroatoms. The summed E-state index contributed by atoms with van der Waals surface area (Å²) in [6.07, 6.45) is 5.47. The fraction of sp³-hybridized carbons (Fsp3) is 0.444. The van der Waals surface area contributed by atoms with E-state index in [1.807, 2.05) is 0 Å². The monoisotopic (exact) mass is 190 g/mol. The highest BCUT2D eigenvalue weighted by atomic mass is 16.5. The van der Waals surface area contributed by atoms with Crippen LogP contribution in [0.5, 0.6) is 0 Å². The van der Waals surface area contributed by atoms with Gasteiger partial charge in [0.05, 0.1) is 6.20 Å². The molecule has 1 aliphatic rings. The molecule has 2 aromatic rings. The summed E-state index contributed by atoms with van der Waals surface area (Å²) >= 11 is 0. The van der Waals surface area contributed by atoms with Gasteiger partial charge in [-0.05, 0) is 12.8 Å². The van der Waals surface area contributed by atoms with Gasteiger partial charge in [-0.25, -0.2) is 15.0 Å². The molecule has 3 heterocycles. The molecule has 5 nitrogen and oxygen atoms in total. The second-order valence-electron chi connectivity index (χ2n) is 3.38. The summed E-state index contributed by atoms with van der Waals surface area (Å²) in [5, 5.41) is 0. The smallest absolute Gasteiger partial charge is 0.160 e. The van der Waals surface area contributed by atoms with E-state index < -0.39 is 0 Å². The summed E-state index contributed by atoms with van der Waals surface area (Å²) in [5.74, 6) is 0.873. The Morgan fingerprint density at radius 2 is 2.50 bits per heavy atom. The lowest BCUT2D eigenvalue weighted by atomic mass is 10.2. The molecule has 3 rings (SSSR count). The second-order valence-corrected chi connectivity index (χ2v) is 3.38. The first-order chi connectivity index (χ1) is 6.93. The van der Waals surface area contributed by atoms with Crippen molar-refractivity contribution in [3.8, 4) is 0 Å². The van der Waals surface area contributed by atoms with Crippen molar-refractivity contribution in [3.63, 3.8) is 0 Å². The number of H-pyrrole nitrogens is 1. The highest BCUT2D eigenvalue weighted by Gasteiger charge is 2.21. The summed E-state index contributed by atoms with van der Waals surface area (Å²) < 4.78 is 5.53. The zero-order valence-corrected chi connectivity index (χ0v) is 7.60. The van der Waals surface area contributed by atoms with Crippen LogP contribution in [0.25, 0.3) is 11.2 Å². The van der Waals surface area contributed by atoms with Crippen LogP contribution in [0.3, 0.4) is 0 Å². The van der Waals surface area contributed by atoms with Crippen molar-refractivity contribution in [2.24, 2.45) is 0 Å². The lowest BCUT2D eigenvalue weighted by Crippen LogP contribution is -1.97. The molecule has 0 bridgehead atoms.